The first kappa shape index (κ1) is 17.5. The Morgan fingerprint density at radius 2 is 2.22 bits per heavy atom. The smallest absolute Gasteiger partial charge is 0.321 e. The Hall–Kier alpha value is -1.87. The van der Waals surface area contributed by atoms with Crippen molar-refractivity contribution in [3.63, 3.8) is 0 Å². The summed E-state index contributed by atoms with van der Waals surface area (Å²) in [7, 11) is 1.62. The van der Waals surface area contributed by atoms with E-state index in [1.807, 2.05) is 6.92 Å². The van der Waals surface area contributed by atoms with Crippen molar-refractivity contribution in [1.29, 1.82) is 0 Å². The maximum absolute atomic E-state index is 12.1. The van der Waals surface area contributed by atoms with Crippen LogP contribution in [-0.4, -0.2) is 33.8 Å². The molecule has 0 saturated heterocycles. The molecule has 2 N–H and O–H groups in total. The number of nitrogens with zero attached hydrogens (tertiary/aromatic N) is 2. The molecule has 0 aliphatic heterocycles. The summed E-state index contributed by atoms with van der Waals surface area (Å²) in [6.07, 6.45) is 1.83. The second-order valence-corrected chi connectivity index (χ2v) is 6.70. The van der Waals surface area contributed by atoms with Gasteiger partial charge >= 0.3 is 6.03 Å². The van der Waals surface area contributed by atoms with E-state index in [2.05, 4.69) is 15.6 Å². The Balaban J connectivity index is 1.93. The van der Waals surface area contributed by atoms with Crippen molar-refractivity contribution in [2.75, 3.05) is 12.3 Å². The largest absolute Gasteiger partial charge is 0.338 e. The molecule has 0 aromatic carbocycles. The number of hydrogen-bond acceptors (Lipinski definition) is 6. The molecule has 0 bridgehead atoms. The zero-order valence-corrected chi connectivity index (χ0v) is 14.6. The maximum Gasteiger partial charge on any atom is 0.321 e. The van der Waals surface area contributed by atoms with Crippen LogP contribution in [0.1, 0.15) is 19.8 Å². The molecular formula is C14H18N4O3S2. The third-order valence-electron chi connectivity index (χ3n) is 3.05. The summed E-state index contributed by atoms with van der Waals surface area (Å²) in [6, 6.07) is 1.27. The van der Waals surface area contributed by atoms with Gasteiger partial charge in [0.05, 0.1) is 11.3 Å². The molecule has 2 aromatic heterocycles. The standard InChI is InChI=1S/C14H18N4O3S2/c1-3-4-6-15-13(21)17-10(19)8-23-14-16-9-5-7-22-11(9)12(20)18(14)2/h5,7H,3-4,6,8H2,1-2H3,(H2,15,17,19,21). The highest BCUT2D eigenvalue weighted by Gasteiger charge is 2.13. The van der Waals surface area contributed by atoms with E-state index in [9.17, 15) is 14.4 Å². The van der Waals surface area contributed by atoms with Gasteiger partial charge in [-0.3, -0.25) is 19.5 Å². The first-order valence-electron chi connectivity index (χ1n) is 7.17. The first-order valence-corrected chi connectivity index (χ1v) is 9.04. The highest BCUT2D eigenvalue weighted by atomic mass is 32.2. The van der Waals surface area contributed by atoms with Gasteiger partial charge in [0.1, 0.15) is 4.70 Å². The third-order valence-corrected chi connectivity index (χ3v) is 4.97. The Bertz CT molecular complexity index is 769. The summed E-state index contributed by atoms with van der Waals surface area (Å²) >= 11 is 2.46. The van der Waals surface area contributed by atoms with Crippen LogP contribution in [0.4, 0.5) is 4.79 Å². The summed E-state index contributed by atoms with van der Waals surface area (Å²) in [5, 5.41) is 7.11. The summed E-state index contributed by atoms with van der Waals surface area (Å²) < 4.78 is 2.01. The number of nitrogens with one attached hydrogen (secondary N) is 2. The number of thioether (sulfide) groups is 1. The van der Waals surface area contributed by atoms with Crippen LogP contribution in [0.25, 0.3) is 10.2 Å². The Labute approximate surface area is 141 Å². The second-order valence-electron chi connectivity index (χ2n) is 4.84. The molecule has 0 fully saturated rings. The van der Waals surface area contributed by atoms with Gasteiger partial charge < -0.3 is 5.32 Å². The predicted molar refractivity (Wildman–Crippen MR) is 92.0 cm³/mol. The minimum atomic E-state index is -0.501. The molecule has 0 aliphatic rings. The molecule has 2 heterocycles. The van der Waals surface area contributed by atoms with Gasteiger partial charge in [-0.15, -0.1) is 11.3 Å². The number of amides is 3. The lowest BCUT2D eigenvalue weighted by Crippen LogP contribution is -2.40. The van der Waals surface area contributed by atoms with Crippen LogP contribution >= 0.6 is 23.1 Å². The van der Waals surface area contributed by atoms with Crippen LogP contribution in [0.15, 0.2) is 21.4 Å². The molecular weight excluding hydrogens is 336 g/mol. The number of aromatic nitrogens is 2. The second kappa shape index (κ2) is 8.11. The van der Waals surface area contributed by atoms with E-state index in [1.165, 1.54) is 15.9 Å². The van der Waals surface area contributed by atoms with E-state index in [4.69, 9.17) is 0 Å². The number of fused-ring (bicyclic) bond motifs is 1. The van der Waals surface area contributed by atoms with Crippen molar-refractivity contribution >= 4 is 45.3 Å². The summed E-state index contributed by atoms with van der Waals surface area (Å²) in [5.74, 6) is -0.416. The van der Waals surface area contributed by atoms with Crippen LogP contribution in [0.5, 0.6) is 0 Å². The quantitative estimate of drug-likeness (QED) is 0.468. The lowest BCUT2D eigenvalue weighted by Gasteiger charge is -2.08. The van der Waals surface area contributed by atoms with Crippen molar-refractivity contribution in [1.82, 2.24) is 20.2 Å². The van der Waals surface area contributed by atoms with Crippen molar-refractivity contribution in [3.05, 3.63) is 21.8 Å². The molecule has 23 heavy (non-hydrogen) atoms. The van der Waals surface area contributed by atoms with Crippen molar-refractivity contribution in [2.45, 2.75) is 24.9 Å². The summed E-state index contributed by atoms with van der Waals surface area (Å²) in [4.78, 5) is 39.7. The molecule has 0 radical (unpaired) electrons. The molecule has 7 nitrogen and oxygen atoms in total. The van der Waals surface area contributed by atoms with E-state index in [0.29, 0.717) is 21.9 Å². The van der Waals surface area contributed by atoms with Gasteiger partial charge in [0, 0.05) is 13.6 Å². The van der Waals surface area contributed by atoms with Crippen molar-refractivity contribution < 1.29 is 9.59 Å². The molecule has 0 spiro atoms. The van der Waals surface area contributed by atoms with Crippen LogP contribution < -0.4 is 16.2 Å². The average Bonchev–Trinajstić information content (AvgIpc) is 2.98. The summed E-state index contributed by atoms with van der Waals surface area (Å²) in [5.41, 5.74) is 0.489. The fourth-order valence-corrected chi connectivity index (χ4v) is 3.39. The number of thiophene rings is 1. The lowest BCUT2D eigenvalue weighted by atomic mass is 10.3. The van der Waals surface area contributed by atoms with E-state index in [-0.39, 0.29) is 11.3 Å². The SMILES string of the molecule is CCCCNC(=O)NC(=O)CSc1nc2ccsc2c(=O)n1C. The van der Waals surface area contributed by atoms with E-state index >= 15 is 0 Å². The molecule has 2 rings (SSSR count). The number of carbonyl (C=O) groups is 2. The van der Waals surface area contributed by atoms with E-state index in [1.54, 1.807) is 18.5 Å². The maximum atomic E-state index is 12.1. The van der Waals surface area contributed by atoms with Crippen molar-refractivity contribution in [3.8, 4) is 0 Å². The molecule has 0 saturated carbocycles. The van der Waals surface area contributed by atoms with Crippen LogP contribution in [0, 0.1) is 0 Å². The van der Waals surface area contributed by atoms with Gasteiger partial charge in [-0.05, 0) is 17.9 Å². The summed E-state index contributed by atoms with van der Waals surface area (Å²) in [6.45, 7) is 2.55. The topological polar surface area (TPSA) is 93.1 Å². The fraction of sp³-hybridized carbons (Fsp3) is 0.429. The molecule has 3 amide bonds. The molecule has 2 aromatic rings. The van der Waals surface area contributed by atoms with Gasteiger partial charge in [0.25, 0.3) is 5.56 Å². The molecule has 0 aliphatic carbocycles. The molecule has 0 unspecified atom stereocenters. The van der Waals surface area contributed by atoms with Crippen molar-refractivity contribution in [2.24, 2.45) is 7.05 Å². The van der Waals surface area contributed by atoms with Gasteiger partial charge in [0.2, 0.25) is 5.91 Å². The number of rotatable bonds is 6. The zero-order chi connectivity index (χ0) is 16.8. The number of hydrogen-bond donors (Lipinski definition) is 2. The minimum Gasteiger partial charge on any atom is -0.338 e. The van der Waals surface area contributed by atoms with Gasteiger partial charge in [-0.25, -0.2) is 9.78 Å². The lowest BCUT2D eigenvalue weighted by molar-refractivity contribution is -0.117. The fourth-order valence-electron chi connectivity index (χ4n) is 1.81. The van der Waals surface area contributed by atoms with Crippen LogP contribution in [0.2, 0.25) is 0 Å². The Kier molecular flexibility index (Phi) is 6.17. The van der Waals surface area contributed by atoms with Crippen LogP contribution in [0.3, 0.4) is 0 Å². The zero-order valence-electron chi connectivity index (χ0n) is 12.9. The first-order chi connectivity index (χ1) is 11.0. The number of urea groups is 1. The highest BCUT2D eigenvalue weighted by Crippen LogP contribution is 2.19. The molecule has 0 atom stereocenters. The number of unbranched alkanes of at least 4 members (excludes halogenated alkanes) is 1. The Morgan fingerprint density at radius 1 is 1.43 bits per heavy atom. The highest BCUT2D eigenvalue weighted by molar-refractivity contribution is 7.99. The van der Waals surface area contributed by atoms with Gasteiger partial charge in [-0.1, -0.05) is 25.1 Å². The normalized spacial score (nSPS) is 10.7. The molecule has 124 valence electrons. The van der Waals surface area contributed by atoms with Gasteiger partial charge in [0.15, 0.2) is 5.16 Å². The monoisotopic (exact) mass is 354 g/mol. The minimum absolute atomic E-state index is 0.0110. The number of carbonyl (C=O) groups excluding carboxylic acids is 2. The van der Waals surface area contributed by atoms with Crippen LogP contribution in [-0.2, 0) is 11.8 Å². The number of imide groups is 1. The average molecular weight is 354 g/mol. The molecule has 9 heteroatoms. The Morgan fingerprint density at radius 3 is 2.96 bits per heavy atom. The third kappa shape index (κ3) is 4.55. The van der Waals surface area contributed by atoms with Gasteiger partial charge in [-0.2, -0.15) is 0 Å². The van der Waals surface area contributed by atoms with E-state index in [0.717, 1.165) is 24.6 Å². The predicted octanol–water partition coefficient (Wildman–Crippen LogP) is 1.71. The van der Waals surface area contributed by atoms with E-state index < -0.39 is 11.9 Å².